The molecular formula is C15H15ClN2. The van der Waals surface area contributed by atoms with Gasteiger partial charge in [-0.25, -0.2) is 0 Å². The Kier molecular flexibility index (Phi) is 4.37. The Morgan fingerprint density at radius 3 is 2.39 bits per heavy atom. The summed E-state index contributed by atoms with van der Waals surface area (Å²) in [5.41, 5.74) is 5.16. The second-order valence-electron chi connectivity index (χ2n) is 4.10. The molecule has 2 rings (SSSR count). The number of benzene rings is 2. The van der Waals surface area contributed by atoms with Gasteiger partial charge in [0.25, 0.3) is 0 Å². The SMILES string of the molecule is C[C@@H](/C=N\Nc1ccc(Cl)cc1)c1ccccc1. The number of hydrazone groups is 1. The highest BCUT2D eigenvalue weighted by molar-refractivity contribution is 6.30. The number of nitrogens with zero attached hydrogens (tertiary/aromatic N) is 1. The maximum Gasteiger partial charge on any atom is 0.0562 e. The maximum absolute atomic E-state index is 5.81. The molecule has 0 fully saturated rings. The van der Waals surface area contributed by atoms with Crippen molar-refractivity contribution in [3.63, 3.8) is 0 Å². The van der Waals surface area contributed by atoms with Crippen molar-refractivity contribution >= 4 is 23.5 Å². The number of hydrogen-bond donors (Lipinski definition) is 1. The zero-order chi connectivity index (χ0) is 12.8. The van der Waals surface area contributed by atoms with E-state index in [9.17, 15) is 0 Å². The van der Waals surface area contributed by atoms with E-state index < -0.39 is 0 Å². The van der Waals surface area contributed by atoms with Gasteiger partial charge in [-0.05, 0) is 29.8 Å². The number of anilines is 1. The van der Waals surface area contributed by atoms with E-state index in [2.05, 4.69) is 29.6 Å². The van der Waals surface area contributed by atoms with Crippen LogP contribution >= 0.6 is 11.6 Å². The monoisotopic (exact) mass is 258 g/mol. The Labute approximate surface area is 112 Å². The number of hydrogen-bond acceptors (Lipinski definition) is 2. The van der Waals surface area contributed by atoms with Gasteiger partial charge < -0.3 is 0 Å². The van der Waals surface area contributed by atoms with Crippen molar-refractivity contribution in [1.29, 1.82) is 0 Å². The normalized spacial score (nSPS) is 12.6. The predicted molar refractivity (Wildman–Crippen MR) is 78.4 cm³/mol. The molecule has 2 aromatic carbocycles. The van der Waals surface area contributed by atoms with Crippen LogP contribution in [0.3, 0.4) is 0 Å². The Hall–Kier alpha value is -1.80. The van der Waals surface area contributed by atoms with E-state index >= 15 is 0 Å². The molecule has 0 aliphatic heterocycles. The predicted octanol–water partition coefficient (Wildman–Crippen LogP) is 4.54. The minimum absolute atomic E-state index is 0.283. The van der Waals surface area contributed by atoms with Crippen LogP contribution in [0.1, 0.15) is 18.4 Å². The van der Waals surface area contributed by atoms with E-state index in [0.717, 1.165) is 10.7 Å². The fraction of sp³-hybridized carbons (Fsp3) is 0.133. The van der Waals surface area contributed by atoms with Crippen LogP contribution < -0.4 is 5.43 Å². The van der Waals surface area contributed by atoms with Gasteiger partial charge in [-0.3, -0.25) is 5.43 Å². The zero-order valence-corrected chi connectivity index (χ0v) is 10.9. The van der Waals surface area contributed by atoms with Gasteiger partial charge in [-0.1, -0.05) is 48.9 Å². The van der Waals surface area contributed by atoms with E-state index in [4.69, 9.17) is 11.6 Å². The summed E-state index contributed by atoms with van der Waals surface area (Å²) in [7, 11) is 0. The molecule has 0 amide bonds. The van der Waals surface area contributed by atoms with Crippen molar-refractivity contribution in [3.8, 4) is 0 Å². The van der Waals surface area contributed by atoms with E-state index in [1.54, 1.807) is 0 Å². The largest absolute Gasteiger partial charge is 0.279 e. The third-order valence-electron chi connectivity index (χ3n) is 2.66. The van der Waals surface area contributed by atoms with Crippen LogP contribution in [0.2, 0.25) is 5.02 Å². The van der Waals surface area contributed by atoms with E-state index in [0.29, 0.717) is 0 Å². The van der Waals surface area contributed by atoms with E-state index in [1.807, 2.05) is 48.7 Å². The molecule has 0 aliphatic carbocycles. The summed E-state index contributed by atoms with van der Waals surface area (Å²) in [6.07, 6.45) is 1.89. The first-order chi connectivity index (χ1) is 8.75. The molecule has 0 radical (unpaired) electrons. The smallest absolute Gasteiger partial charge is 0.0562 e. The molecule has 0 aliphatic rings. The molecule has 1 atom stereocenters. The molecule has 3 heteroatoms. The third kappa shape index (κ3) is 3.60. The van der Waals surface area contributed by atoms with Crippen LogP contribution in [0.5, 0.6) is 0 Å². The Morgan fingerprint density at radius 2 is 1.72 bits per heavy atom. The lowest BCUT2D eigenvalue weighted by Crippen LogP contribution is -1.97. The van der Waals surface area contributed by atoms with Crippen molar-refractivity contribution in [3.05, 3.63) is 65.2 Å². The van der Waals surface area contributed by atoms with Crippen molar-refractivity contribution in [2.75, 3.05) is 5.43 Å². The van der Waals surface area contributed by atoms with Crippen molar-refractivity contribution in [1.82, 2.24) is 0 Å². The first kappa shape index (κ1) is 12.7. The van der Waals surface area contributed by atoms with Crippen molar-refractivity contribution in [2.24, 2.45) is 5.10 Å². The lowest BCUT2D eigenvalue weighted by Gasteiger charge is -2.05. The van der Waals surface area contributed by atoms with Crippen LogP contribution in [0.25, 0.3) is 0 Å². The van der Waals surface area contributed by atoms with Crippen LogP contribution in [-0.2, 0) is 0 Å². The highest BCUT2D eigenvalue weighted by atomic mass is 35.5. The topological polar surface area (TPSA) is 24.4 Å². The van der Waals surface area contributed by atoms with Gasteiger partial charge >= 0.3 is 0 Å². The highest BCUT2D eigenvalue weighted by Crippen LogP contribution is 2.14. The maximum atomic E-state index is 5.81. The second-order valence-corrected chi connectivity index (χ2v) is 4.53. The molecule has 0 saturated heterocycles. The summed E-state index contributed by atoms with van der Waals surface area (Å²) in [5.74, 6) is 0.283. The summed E-state index contributed by atoms with van der Waals surface area (Å²) in [4.78, 5) is 0. The average Bonchev–Trinajstić information content (AvgIpc) is 2.42. The number of rotatable bonds is 4. The van der Waals surface area contributed by atoms with Crippen LogP contribution in [0.4, 0.5) is 5.69 Å². The molecule has 0 unspecified atom stereocenters. The molecule has 1 N–H and O–H groups in total. The molecule has 0 bridgehead atoms. The summed E-state index contributed by atoms with van der Waals surface area (Å²) >= 11 is 5.81. The quantitative estimate of drug-likeness (QED) is 0.632. The minimum atomic E-state index is 0.283. The lowest BCUT2D eigenvalue weighted by atomic mass is 10.0. The standard InChI is InChI=1S/C15H15ClN2/c1-12(13-5-3-2-4-6-13)11-17-18-15-9-7-14(16)8-10-15/h2-12,18H,1H3/b17-11-/t12-/m0/s1. The third-order valence-corrected chi connectivity index (χ3v) is 2.91. The van der Waals surface area contributed by atoms with Gasteiger partial charge in [0.1, 0.15) is 0 Å². The average molecular weight is 259 g/mol. The Morgan fingerprint density at radius 1 is 1.06 bits per heavy atom. The molecule has 2 nitrogen and oxygen atoms in total. The first-order valence-corrected chi connectivity index (χ1v) is 6.23. The summed E-state index contributed by atoms with van der Waals surface area (Å²) in [6.45, 7) is 2.11. The highest BCUT2D eigenvalue weighted by Gasteiger charge is 2.00. The lowest BCUT2D eigenvalue weighted by molar-refractivity contribution is 1.04. The minimum Gasteiger partial charge on any atom is -0.279 e. The van der Waals surface area contributed by atoms with Gasteiger partial charge in [0.2, 0.25) is 0 Å². The molecule has 92 valence electrons. The van der Waals surface area contributed by atoms with Gasteiger partial charge in [0.05, 0.1) is 5.69 Å². The van der Waals surface area contributed by atoms with Crippen LogP contribution in [-0.4, -0.2) is 6.21 Å². The molecule has 0 spiro atoms. The van der Waals surface area contributed by atoms with Gasteiger partial charge in [0.15, 0.2) is 0 Å². The Balaban J connectivity index is 1.93. The molecule has 2 aromatic rings. The zero-order valence-electron chi connectivity index (χ0n) is 10.2. The number of halogens is 1. The summed E-state index contributed by atoms with van der Waals surface area (Å²) in [5, 5.41) is 4.95. The second kappa shape index (κ2) is 6.22. The fourth-order valence-electron chi connectivity index (χ4n) is 1.59. The van der Waals surface area contributed by atoms with E-state index in [-0.39, 0.29) is 5.92 Å². The molecule has 0 saturated carbocycles. The fourth-order valence-corrected chi connectivity index (χ4v) is 1.72. The molecule has 18 heavy (non-hydrogen) atoms. The van der Waals surface area contributed by atoms with Crippen molar-refractivity contribution in [2.45, 2.75) is 12.8 Å². The molecule has 0 aromatic heterocycles. The van der Waals surface area contributed by atoms with Gasteiger partial charge in [-0.2, -0.15) is 5.10 Å². The first-order valence-electron chi connectivity index (χ1n) is 5.85. The molecular weight excluding hydrogens is 244 g/mol. The van der Waals surface area contributed by atoms with Crippen LogP contribution in [0.15, 0.2) is 59.7 Å². The number of nitrogens with one attached hydrogen (secondary N) is 1. The Bertz CT molecular complexity index is 506. The van der Waals surface area contributed by atoms with Crippen molar-refractivity contribution < 1.29 is 0 Å². The van der Waals surface area contributed by atoms with Gasteiger partial charge in [0, 0.05) is 17.2 Å². The summed E-state index contributed by atoms with van der Waals surface area (Å²) < 4.78 is 0. The van der Waals surface area contributed by atoms with Crippen LogP contribution in [0, 0.1) is 0 Å². The molecule has 0 heterocycles. The van der Waals surface area contributed by atoms with Gasteiger partial charge in [-0.15, -0.1) is 0 Å². The van der Waals surface area contributed by atoms with E-state index in [1.165, 1.54) is 5.56 Å². The summed E-state index contributed by atoms with van der Waals surface area (Å²) in [6, 6.07) is 17.7.